The number of allylic oxidation sites excluding steroid dienone is 6. The number of aliphatic imine (C=N–C) groups is 1. The molecule has 3 aliphatic carbocycles. The molecule has 0 bridgehead atoms. The highest BCUT2D eigenvalue weighted by Crippen LogP contribution is 2.43. The van der Waals surface area contributed by atoms with E-state index in [1.54, 1.807) is 0 Å². The van der Waals surface area contributed by atoms with Crippen molar-refractivity contribution in [3.05, 3.63) is 36.0 Å². The Kier molecular flexibility index (Phi) is 5.20. The molecule has 24 heavy (non-hydrogen) atoms. The first-order valence-electron chi connectivity index (χ1n) is 10.2. The van der Waals surface area contributed by atoms with Crippen LogP contribution in [0.4, 0.5) is 0 Å². The summed E-state index contributed by atoms with van der Waals surface area (Å²) in [6, 6.07) is 0.759. The number of hydrogen-bond donors (Lipinski definition) is 0. The highest BCUT2D eigenvalue weighted by atomic mass is 15.2. The molecule has 0 aromatic carbocycles. The summed E-state index contributed by atoms with van der Waals surface area (Å²) < 4.78 is 0. The van der Waals surface area contributed by atoms with Gasteiger partial charge in [0.15, 0.2) is 0 Å². The molecule has 0 amide bonds. The summed E-state index contributed by atoms with van der Waals surface area (Å²) in [4.78, 5) is 6.96. The Labute approximate surface area is 147 Å². The summed E-state index contributed by atoms with van der Waals surface area (Å²) >= 11 is 0. The largest absolute Gasteiger partial charge is 0.358 e. The molecule has 4 aliphatic rings. The molecule has 1 saturated carbocycles. The number of rotatable bonds is 5. The molecule has 4 atom stereocenters. The van der Waals surface area contributed by atoms with Crippen molar-refractivity contribution in [1.29, 1.82) is 0 Å². The maximum atomic E-state index is 4.44. The third-order valence-electron chi connectivity index (χ3n) is 6.63. The maximum absolute atomic E-state index is 4.44. The number of nitrogens with zero attached hydrogens (tertiary/aromatic N) is 2. The van der Waals surface area contributed by atoms with Crippen molar-refractivity contribution in [2.75, 3.05) is 13.1 Å². The van der Waals surface area contributed by atoms with Crippen LogP contribution in [0.2, 0.25) is 0 Å². The van der Waals surface area contributed by atoms with Crippen molar-refractivity contribution in [2.45, 2.75) is 63.8 Å². The van der Waals surface area contributed by atoms with Crippen LogP contribution in [0.5, 0.6) is 0 Å². The SMILES string of the molecule is C1=CCC(C[C@@H](C2=CCCCC2)C2CCC(N3C=NCC3)C2)C=C1. The van der Waals surface area contributed by atoms with Gasteiger partial charge in [0.1, 0.15) is 0 Å². The predicted molar refractivity (Wildman–Crippen MR) is 102 cm³/mol. The van der Waals surface area contributed by atoms with Crippen LogP contribution in [-0.2, 0) is 0 Å². The zero-order valence-corrected chi connectivity index (χ0v) is 14.9. The molecule has 0 spiro atoms. The maximum Gasteiger partial charge on any atom is 0.0853 e. The molecular formula is C22H32N2. The van der Waals surface area contributed by atoms with Crippen LogP contribution in [0.25, 0.3) is 0 Å². The Bertz CT molecular complexity index is 542. The normalized spacial score (nSPS) is 33.9. The minimum absolute atomic E-state index is 0.759. The van der Waals surface area contributed by atoms with Crippen LogP contribution < -0.4 is 0 Å². The lowest BCUT2D eigenvalue weighted by Gasteiger charge is -2.32. The molecule has 0 radical (unpaired) electrons. The van der Waals surface area contributed by atoms with Gasteiger partial charge in [-0.2, -0.15) is 0 Å². The molecule has 0 saturated heterocycles. The van der Waals surface area contributed by atoms with Gasteiger partial charge in [-0.05, 0) is 75.5 Å². The van der Waals surface area contributed by atoms with Crippen LogP contribution in [0.1, 0.15) is 57.8 Å². The minimum atomic E-state index is 0.759. The highest BCUT2D eigenvalue weighted by molar-refractivity contribution is 5.57. The average molecular weight is 325 g/mol. The van der Waals surface area contributed by atoms with Gasteiger partial charge in [-0.15, -0.1) is 0 Å². The molecule has 1 fully saturated rings. The zero-order valence-electron chi connectivity index (χ0n) is 14.9. The van der Waals surface area contributed by atoms with Crippen LogP contribution >= 0.6 is 0 Å². The summed E-state index contributed by atoms with van der Waals surface area (Å²) in [5.74, 6) is 2.49. The second kappa shape index (κ2) is 7.72. The monoisotopic (exact) mass is 324 g/mol. The molecule has 0 aromatic rings. The van der Waals surface area contributed by atoms with Gasteiger partial charge in [-0.1, -0.05) is 36.0 Å². The quantitative estimate of drug-likeness (QED) is 0.639. The molecule has 1 heterocycles. The standard InChI is InChI=1S/C22H32N2/c1-3-7-18(8-4-1)15-22(19-9-5-2-6-10-19)20-11-12-21(16-20)24-14-13-23-17-24/h1,3-4,7,9,17-18,20-22H,2,5-6,8,10-16H2/t18?,20?,21?,22-/m0/s1. The number of hydrogen-bond acceptors (Lipinski definition) is 2. The first-order chi connectivity index (χ1) is 11.9. The van der Waals surface area contributed by atoms with Crippen molar-refractivity contribution in [1.82, 2.24) is 4.90 Å². The first-order valence-corrected chi connectivity index (χ1v) is 10.2. The lowest BCUT2D eigenvalue weighted by atomic mass is 9.74. The fourth-order valence-electron chi connectivity index (χ4n) is 5.31. The van der Waals surface area contributed by atoms with Crippen LogP contribution in [0, 0.1) is 17.8 Å². The Morgan fingerprint density at radius 2 is 2.21 bits per heavy atom. The fourth-order valence-corrected chi connectivity index (χ4v) is 5.31. The first kappa shape index (κ1) is 16.2. The van der Waals surface area contributed by atoms with Gasteiger partial charge in [0.05, 0.1) is 12.9 Å². The van der Waals surface area contributed by atoms with E-state index in [4.69, 9.17) is 0 Å². The van der Waals surface area contributed by atoms with Gasteiger partial charge in [0.25, 0.3) is 0 Å². The van der Waals surface area contributed by atoms with E-state index >= 15 is 0 Å². The summed E-state index contributed by atoms with van der Waals surface area (Å²) in [6.45, 7) is 2.16. The Balaban J connectivity index is 1.45. The van der Waals surface area contributed by atoms with Crippen LogP contribution in [-0.4, -0.2) is 30.4 Å². The molecule has 2 nitrogen and oxygen atoms in total. The summed E-state index contributed by atoms with van der Waals surface area (Å²) in [7, 11) is 0. The van der Waals surface area contributed by atoms with E-state index in [1.807, 2.05) is 5.57 Å². The molecule has 130 valence electrons. The minimum Gasteiger partial charge on any atom is -0.358 e. The van der Waals surface area contributed by atoms with E-state index in [0.717, 1.165) is 36.9 Å². The molecular weight excluding hydrogens is 292 g/mol. The van der Waals surface area contributed by atoms with Gasteiger partial charge in [0.2, 0.25) is 0 Å². The van der Waals surface area contributed by atoms with E-state index in [2.05, 4.69) is 46.6 Å². The van der Waals surface area contributed by atoms with Crippen LogP contribution in [0.3, 0.4) is 0 Å². The lowest BCUT2D eigenvalue weighted by molar-refractivity contribution is 0.289. The zero-order chi connectivity index (χ0) is 16.2. The van der Waals surface area contributed by atoms with Crippen molar-refractivity contribution in [3.63, 3.8) is 0 Å². The van der Waals surface area contributed by atoms with E-state index in [0.29, 0.717) is 0 Å². The van der Waals surface area contributed by atoms with Crippen molar-refractivity contribution >= 4 is 6.34 Å². The van der Waals surface area contributed by atoms with Crippen molar-refractivity contribution < 1.29 is 0 Å². The van der Waals surface area contributed by atoms with Crippen LogP contribution in [0.15, 0.2) is 40.9 Å². The van der Waals surface area contributed by atoms with Crippen molar-refractivity contribution in [2.24, 2.45) is 22.7 Å². The molecule has 0 aromatic heterocycles. The van der Waals surface area contributed by atoms with E-state index in [1.165, 1.54) is 57.8 Å². The molecule has 1 aliphatic heterocycles. The average Bonchev–Trinajstić information content (AvgIpc) is 3.33. The Hall–Kier alpha value is -1.31. The van der Waals surface area contributed by atoms with E-state index in [9.17, 15) is 0 Å². The van der Waals surface area contributed by atoms with Gasteiger partial charge >= 0.3 is 0 Å². The second-order valence-corrected chi connectivity index (χ2v) is 8.16. The molecule has 0 N–H and O–H groups in total. The second-order valence-electron chi connectivity index (χ2n) is 8.16. The Morgan fingerprint density at radius 1 is 1.21 bits per heavy atom. The fraction of sp³-hybridized carbons (Fsp3) is 0.682. The summed E-state index contributed by atoms with van der Waals surface area (Å²) in [5.41, 5.74) is 1.81. The molecule has 4 rings (SSSR count). The molecule has 2 heteroatoms. The third-order valence-corrected chi connectivity index (χ3v) is 6.63. The van der Waals surface area contributed by atoms with Gasteiger partial charge < -0.3 is 4.90 Å². The van der Waals surface area contributed by atoms with Crippen molar-refractivity contribution in [3.8, 4) is 0 Å². The lowest BCUT2D eigenvalue weighted by Crippen LogP contribution is -2.31. The van der Waals surface area contributed by atoms with Gasteiger partial charge in [-0.25, -0.2) is 0 Å². The van der Waals surface area contributed by atoms with E-state index < -0.39 is 0 Å². The summed E-state index contributed by atoms with van der Waals surface area (Å²) in [5, 5.41) is 0. The smallest absolute Gasteiger partial charge is 0.0853 e. The van der Waals surface area contributed by atoms with E-state index in [-0.39, 0.29) is 0 Å². The topological polar surface area (TPSA) is 15.6 Å². The summed E-state index contributed by atoms with van der Waals surface area (Å²) in [6.07, 6.45) is 26.3. The Morgan fingerprint density at radius 3 is 2.96 bits per heavy atom. The van der Waals surface area contributed by atoms with Gasteiger partial charge in [-0.3, -0.25) is 4.99 Å². The molecule has 3 unspecified atom stereocenters. The highest BCUT2D eigenvalue weighted by Gasteiger charge is 2.36. The third kappa shape index (κ3) is 3.68. The predicted octanol–water partition coefficient (Wildman–Crippen LogP) is 5.14. The van der Waals surface area contributed by atoms with Gasteiger partial charge in [0, 0.05) is 12.6 Å².